The van der Waals surface area contributed by atoms with Gasteiger partial charge in [0.2, 0.25) is 10.0 Å². The number of nitrogens with one attached hydrogen (secondary N) is 1. The average molecular weight is 290 g/mol. The van der Waals surface area contributed by atoms with Crippen LogP contribution in [-0.4, -0.2) is 13.4 Å². The third-order valence-electron chi connectivity index (χ3n) is 1.91. The molecule has 0 radical (unpaired) electrons. The van der Waals surface area contributed by atoms with Crippen LogP contribution in [0.1, 0.15) is 0 Å². The number of hydrogen-bond acceptors (Lipinski definition) is 5. The van der Waals surface area contributed by atoms with Crippen molar-refractivity contribution in [2.24, 2.45) is 5.14 Å². The molecule has 0 bridgehead atoms. The molecule has 5 nitrogen and oxygen atoms in total. The fourth-order valence-corrected chi connectivity index (χ4v) is 2.54. The monoisotopic (exact) mass is 289 g/mol. The number of nitrogens with two attached hydrogens (primary N) is 1. The molecule has 2 rings (SSSR count). The zero-order valence-electron chi connectivity index (χ0n) is 8.42. The molecule has 90 valence electrons. The summed E-state index contributed by atoms with van der Waals surface area (Å²) in [5, 5.41) is 10.7. The first-order valence-electron chi connectivity index (χ1n) is 4.46. The Labute approximate surface area is 107 Å². The molecular weight excluding hydrogens is 282 g/mol. The smallest absolute Gasteiger partial charge is 0.238 e. The Bertz CT molecular complexity index is 622. The molecule has 3 N–H and O–H groups in total. The minimum atomic E-state index is -3.65. The van der Waals surface area contributed by atoms with Gasteiger partial charge in [-0.3, -0.25) is 0 Å². The topological polar surface area (TPSA) is 85.1 Å². The lowest BCUT2D eigenvalue weighted by Crippen LogP contribution is -2.11. The summed E-state index contributed by atoms with van der Waals surface area (Å²) in [6, 6.07) is 6.06. The number of sulfonamides is 1. The summed E-state index contributed by atoms with van der Waals surface area (Å²) in [6.45, 7) is 0. The van der Waals surface area contributed by atoms with Crippen LogP contribution in [0.25, 0.3) is 0 Å². The number of primary sulfonamides is 1. The van der Waals surface area contributed by atoms with Gasteiger partial charge in [0.05, 0.1) is 4.90 Å². The van der Waals surface area contributed by atoms with Gasteiger partial charge in [-0.2, -0.15) is 0 Å². The molecule has 0 unspecified atom stereocenters. The molecule has 1 aromatic heterocycles. The van der Waals surface area contributed by atoms with E-state index in [1.807, 2.05) is 0 Å². The number of rotatable bonds is 3. The van der Waals surface area contributed by atoms with E-state index in [1.54, 1.807) is 17.5 Å². The van der Waals surface area contributed by atoms with Crippen LogP contribution in [-0.2, 0) is 10.0 Å². The number of aromatic nitrogens is 1. The van der Waals surface area contributed by atoms with Crippen LogP contribution in [0.2, 0.25) is 5.15 Å². The van der Waals surface area contributed by atoms with E-state index in [9.17, 15) is 8.42 Å². The van der Waals surface area contributed by atoms with E-state index >= 15 is 0 Å². The Morgan fingerprint density at radius 2 is 1.94 bits per heavy atom. The van der Waals surface area contributed by atoms with E-state index in [2.05, 4.69) is 10.3 Å². The molecule has 0 fully saturated rings. The summed E-state index contributed by atoms with van der Waals surface area (Å²) in [7, 11) is -3.65. The van der Waals surface area contributed by atoms with E-state index in [0.29, 0.717) is 16.0 Å². The maximum atomic E-state index is 11.0. The predicted molar refractivity (Wildman–Crippen MR) is 68.2 cm³/mol. The van der Waals surface area contributed by atoms with E-state index in [0.717, 1.165) is 0 Å². The lowest BCUT2D eigenvalue weighted by Gasteiger charge is -2.03. The lowest BCUT2D eigenvalue weighted by molar-refractivity contribution is 0.598. The fourth-order valence-electron chi connectivity index (χ4n) is 1.16. The van der Waals surface area contributed by atoms with Crippen molar-refractivity contribution in [3.8, 4) is 0 Å². The number of halogens is 1. The largest absolute Gasteiger partial charge is 0.332 e. The van der Waals surface area contributed by atoms with Crippen LogP contribution in [0, 0.1) is 0 Å². The molecule has 8 heteroatoms. The average Bonchev–Trinajstić information content (AvgIpc) is 2.63. The van der Waals surface area contributed by atoms with Gasteiger partial charge in [0, 0.05) is 11.1 Å². The Hall–Kier alpha value is -1.15. The predicted octanol–water partition coefficient (Wildman–Crippen LogP) is 2.19. The number of hydrogen-bond donors (Lipinski definition) is 2. The van der Waals surface area contributed by atoms with Crippen LogP contribution in [0.4, 0.5) is 10.8 Å². The number of anilines is 2. The first-order chi connectivity index (χ1) is 7.95. The molecule has 17 heavy (non-hydrogen) atoms. The van der Waals surface area contributed by atoms with Gasteiger partial charge in [-0.1, -0.05) is 11.6 Å². The Balaban J connectivity index is 2.19. The van der Waals surface area contributed by atoms with Crippen LogP contribution in [0.3, 0.4) is 0 Å². The van der Waals surface area contributed by atoms with Crippen LogP contribution in [0.5, 0.6) is 0 Å². The third-order valence-corrected chi connectivity index (χ3v) is 3.92. The number of thiazole rings is 1. The van der Waals surface area contributed by atoms with Gasteiger partial charge in [0.1, 0.15) is 5.15 Å². The van der Waals surface area contributed by atoms with Gasteiger partial charge in [-0.25, -0.2) is 18.5 Å². The highest BCUT2D eigenvalue weighted by Crippen LogP contribution is 2.23. The highest BCUT2D eigenvalue weighted by molar-refractivity contribution is 7.89. The number of benzene rings is 1. The maximum absolute atomic E-state index is 11.0. The first-order valence-corrected chi connectivity index (χ1v) is 7.26. The highest BCUT2D eigenvalue weighted by atomic mass is 35.5. The lowest BCUT2D eigenvalue weighted by atomic mass is 10.3. The van der Waals surface area contributed by atoms with Gasteiger partial charge in [0.25, 0.3) is 0 Å². The van der Waals surface area contributed by atoms with E-state index < -0.39 is 10.0 Å². The fraction of sp³-hybridized carbons (Fsp3) is 0. The molecule has 0 atom stereocenters. The van der Waals surface area contributed by atoms with E-state index in [-0.39, 0.29) is 4.90 Å². The summed E-state index contributed by atoms with van der Waals surface area (Å²) in [5.74, 6) is 0. The summed E-state index contributed by atoms with van der Waals surface area (Å²) >= 11 is 7.03. The summed E-state index contributed by atoms with van der Waals surface area (Å²) < 4.78 is 22.1. The quantitative estimate of drug-likeness (QED) is 0.907. The van der Waals surface area contributed by atoms with Gasteiger partial charge in [0.15, 0.2) is 5.13 Å². The second-order valence-corrected chi connectivity index (χ2v) is 5.98. The number of nitrogens with zero attached hydrogens (tertiary/aromatic N) is 1. The molecular formula is C9H8ClN3O2S2. The van der Waals surface area contributed by atoms with Crippen molar-refractivity contribution in [2.75, 3.05) is 5.32 Å². The van der Waals surface area contributed by atoms with Crippen LogP contribution in [0.15, 0.2) is 34.5 Å². The summed E-state index contributed by atoms with van der Waals surface area (Å²) in [6.07, 6.45) is 0. The van der Waals surface area contributed by atoms with Gasteiger partial charge >= 0.3 is 0 Å². The molecule has 0 spiro atoms. The first kappa shape index (κ1) is 12.3. The van der Waals surface area contributed by atoms with Crippen molar-refractivity contribution in [3.05, 3.63) is 34.8 Å². The summed E-state index contributed by atoms with van der Waals surface area (Å²) in [4.78, 5) is 4.08. The van der Waals surface area contributed by atoms with Gasteiger partial charge in [-0.05, 0) is 24.3 Å². The Morgan fingerprint density at radius 1 is 1.29 bits per heavy atom. The van der Waals surface area contributed by atoms with Crippen LogP contribution < -0.4 is 10.5 Å². The zero-order valence-corrected chi connectivity index (χ0v) is 10.8. The molecule has 0 aliphatic heterocycles. The van der Waals surface area contributed by atoms with Gasteiger partial charge < -0.3 is 5.32 Å². The third kappa shape index (κ3) is 3.16. The van der Waals surface area contributed by atoms with Crippen molar-refractivity contribution in [2.45, 2.75) is 4.90 Å². The van der Waals surface area contributed by atoms with Crippen molar-refractivity contribution < 1.29 is 8.42 Å². The van der Waals surface area contributed by atoms with Gasteiger partial charge in [-0.15, -0.1) is 11.3 Å². The molecule has 0 saturated heterocycles. The second kappa shape index (κ2) is 4.61. The van der Waals surface area contributed by atoms with Crippen molar-refractivity contribution in [3.63, 3.8) is 0 Å². The summed E-state index contributed by atoms with van der Waals surface area (Å²) in [5.41, 5.74) is 0.711. The Morgan fingerprint density at radius 3 is 2.41 bits per heavy atom. The van der Waals surface area contributed by atoms with Crippen molar-refractivity contribution in [1.29, 1.82) is 0 Å². The highest BCUT2D eigenvalue weighted by Gasteiger charge is 2.07. The van der Waals surface area contributed by atoms with Crippen molar-refractivity contribution >= 4 is 43.8 Å². The maximum Gasteiger partial charge on any atom is 0.238 e. The second-order valence-electron chi connectivity index (χ2n) is 3.17. The normalized spacial score (nSPS) is 11.4. The van der Waals surface area contributed by atoms with E-state index in [4.69, 9.17) is 16.7 Å². The molecule has 1 heterocycles. The molecule has 0 saturated carbocycles. The zero-order chi connectivity index (χ0) is 12.5. The standard InChI is InChI=1S/C9H8ClN3O2S2/c10-8-5-16-9(13-8)12-6-1-3-7(4-2-6)17(11,14)15/h1-5H,(H,12,13)(H2,11,14,15). The van der Waals surface area contributed by atoms with Crippen molar-refractivity contribution in [1.82, 2.24) is 4.98 Å². The minimum absolute atomic E-state index is 0.0696. The molecule has 1 aromatic carbocycles. The minimum Gasteiger partial charge on any atom is -0.332 e. The van der Waals surface area contributed by atoms with Crippen LogP contribution >= 0.6 is 22.9 Å². The molecule has 0 aliphatic rings. The molecule has 2 aromatic rings. The molecule has 0 amide bonds. The van der Waals surface area contributed by atoms with E-state index in [1.165, 1.54) is 23.5 Å². The Kier molecular flexibility index (Phi) is 3.34. The molecule has 0 aliphatic carbocycles. The SMILES string of the molecule is NS(=O)(=O)c1ccc(Nc2nc(Cl)cs2)cc1.